The van der Waals surface area contributed by atoms with E-state index in [1.807, 2.05) is 39.2 Å². The fourth-order valence-electron chi connectivity index (χ4n) is 1.50. The van der Waals surface area contributed by atoms with Gasteiger partial charge in [-0.1, -0.05) is 6.07 Å². The van der Waals surface area contributed by atoms with Crippen LogP contribution in [0.5, 0.6) is 0 Å². The van der Waals surface area contributed by atoms with Crippen molar-refractivity contribution >= 4 is 34.7 Å². The fourth-order valence-corrected chi connectivity index (χ4v) is 1.56. The summed E-state index contributed by atoms with van der Waals surface area (Å²) in [6, 6.07) is 5.56. The van der Waals surface area contributed by atoms with Crippen LogP contribution >= 0.6 is 11.6 Å². The molecule has 1 amide bonds. The van der Waals surface area contributed by atoms with Crippen LogP contribution in [0.15, 0.2) is 23.2 Å². The summed E-state index contributed by atoms with van der Waals surface area (Å²) in [5, 5.41) is 2.81. The molecule has 1 rings (SSSR count). The first-order chi connectivity index (χ1) is 8.92. The standard InChI is InChI=1S/C13H19ClN4O/c1-9-4-5-10(17-13(19)8-18(2)3)11(6-9)16-12(15)7-14/h4-6H,7-8H2,1-3H3,(H2,15,16)(H,17,19). The maximum atomic E-state index is 11.8. The lowest BCUT2D eigenvalue weighted by Crippen LogP contribution is -2.27. The van der Waals surface area contributed by atoms with Gasteiger partial charge in [0.2, 0.25) is 5.91 Å². The fraction of sp³-hybridized carbons (Fsp3) is 0.385. The molecule has 0 unspecified atom stereocenters. The number of nitrogens with one attached hydrogen (secondary N) is 1. The van der Waals surface area contributed by atoms with E-state index >= 15 is 0 Å². The maximum absolute atomic E-state index is 11.8. The highest BCUT2D eigenvalue weighted by Gasteiger charge is 2.08. The zero-order valence-corrected chi connectivity index (χ0v) is 12.2. The summed E-state index contributed by atoms with van der Waals surface area (Å²) in [4.78, 5) is 17.8. The number of nitrogens with zero attached hydrogens (tertiary/aromatic N) is 2. The van der Waals surface area contributed by atoms with E-state index in [0.29, 0.717) is 23.8 Å². The number of carbonyl (C=O) groups excluding carboxylic acids is 1. The number of carbonyl (C=O) groups is 1. The van der Waals surface area contributed by atoms with E-state index < -0.39 is 0 Å². The summed E-state index contributed by atoms with van der Waals surface area (Å²) in [6.45, 7) is 2.25. The summed E-state index contributed by atoms with van der Waals surface area (Å²) < 4.78 is 0. The second-order valence-corrected chi connectivity index (χ2v) is 4.81. The Labute approximate surface area is 118 Å². The van der Waals surface area contributed by atoms with Gasteiger partial charge in [0.25, 0.3) is 0 Å². The van der Waals surface area contributed by atoms with Gasteiger partial charge in [-0.25, -0.2) is 4.99 Å². The quantitative estimate of drug-likeness (QED) is 0.491. The molecule has 0 radical (unpaired) electrons. The molecule has 0 bridgehead atoms. The minimum absolute atomic E-state index is 0.102. The SMILES string of the molecule is Cc1ccc(NC(=O)CN(C)C)c(N=C(N)CCl)c1. The molecule has 104 valence electrons. The Morgan fingerprint density at radius 2 is 2.16 bits per heavy atom. The summed E-state index contributed by atoms with van der Waals surface area (Å²) in [5.74, 6) is 0.365. The van der Waals surface area contributed by atoms with Crippen LogP contribution in [-0.4, -0.2) is 43.2 Å². The predicted molar refractivity (Wildman–Crippen MR) is 80.4 cm³/mol. The number of aryl methyl sites for hydroxylation is 1. The van der Waals surface area contributed by atoms with Crippen molar-refractivity contribution in [3.05, 3.63) is 23.8 Å². The van der Waals surface area contributed by atoms with E-state index in [0.717, 1.165) is 5.56 Å². The number of rotatable bonds is 5. The average molecular weight is 283 g/mol. The molecule has 0 fully saturated rings. The number of amidine groups is 1. The molecule has 0 aliphatic heterocycles. The highest BCUT2D eigenvalue weighted by atomic mass is 35.5. The summed E-state index contributed by atoms with van der Waals surface area (Å²) in [5.41, 5.74) is 7.91. The molecule has 0 atom stereocenters. The van der Waals surface area contributed by atoms with Crippen molar-refractivity contribution in [2.45, 2.75) is 6.92 Å². The molecule has 0 aromatic heterocycles. The normalized spacial score (nSPS) is 11.7. The molecule has 1 aromatic rings. The van der Waals surface area contributed by atoms with Crippen LogP contribution in [-0.2, 0) is 4.79 Å². The zero-order chi connectivity index (χ0) is 14.4. The lowest BCUT2D eigenvalue weighted by atomic mass is 10.2. The summed E-state index contributed by atoms with van der Waals surface area (Å²) in [7, 11) is 3.67. The van der Waals surface area contributed by atoms with Crippen LogP contribution in [0.25, 0.3) is 0 Å². The number of amides is 1. The third-order valence-corrected chi connectivity index (χ3v) is 2.56. The third kappa shape index (κ3) is 5.28. The van der Waals surface area contributed by atoms with Crippen molar-refractivity contribution in [1.29, 1.82) is 0 Å². The van der Waals surface area contributed by atoms with Crippen LogP contribution in [0.3, 0.4) is 0 Å². The number of nitrogens with two attached hydrogens (primary N) is 1. The van der Waals surface area contributed by atoms with Crippen LogP contribution in [0.1, 0.15) is 5.56 Å². The molecule has 0 saturated carbocycles. The minimum atomic E-state index is -0.102. The van der Waals surface area contributed by atoms with E-state index in [2.05, 4.69) is 10.3 Å². The van der Waals surface area contributed by atoms with E-state index in [1.54, 1.807) is 4.90 Å². The molecule has 3 N–H and O–H groups in total. The molecule has 5 nitrogen and oxygen atoms in total. The van der Waals surface area contributed by atoms with Crippen LogP contribution < -0.4 is 11.1 Å². The van der Waals surface area contributed by atoms with Gasteiger partial charge in [0.15, 0.2) is 0 Å². The van der Waals surface area contributed by atoms with E-state index in [9.17, 15) is 4.79 Å². The van der Waals surface area contributed by atoms with Gasteiger partial charge in [-0.3, -0.25) is 4.79 Å². The van der Waals surface area contributed by atoms with Gasteiger partial charge in [0.05, 0.1) is 23.8 Å². The Balaban J connectivity index is 2.97. The van der Waals surface area contributed by atoms with Gasteiger partial charge in [0, 0.05) is 0 Å². The summed E-state index contributed by atoms with van der Waals surface area (Å²) >= 11 is 5.62. The largest absolute Gasteiger partial charge is 0.386 e. The Bertz CT molecular complexity index is 486. The number of aliphatic imine (C=N–C) groups is 1. The van der Waals surface area contributed by atoms with E-state index in [4.69, 9.17) is 17.3 Å². The maximum Gasteiger partial charge on any atom is 0.238 e. The lowest BCUT2D eigenvalue weighted by Gasteiger charge is -2.12. The monoisotopic (exact) mass is 282 g/mol. The number of halogens is 1. The molecule has 0 heterocycles. The first kappa shape index (κ1) is 15.5. The molecule has 0 aliphatic rings. The van der Waals surface area contributed by atoms with Crippen LogP contribution in [0.4, 0.5) is 11.4 Å². The molecule has 0 saturated heterocycles. The van der Waals surface area contributed by atoms with Gasteiger partial charge in [-0.2, -0.15) is 0 Å². The number of hydrogen-bond acceptors (Lipinski definition) is 3. The average Bonchev–Trinajstić information content (AvgIpc) is 2.31. The third-order valence-electron chi connectivity index (χ3n) is 2.29. The van der Waals surface area contributed by atoms with Crippen molar-refractivity contribution in [2.24, 2.45) is 10.7 Å². The predicted octanol–water partition coefficient (Wildman–Crippen LogP) is 1.72. The van der Waals surface area contributed by atoms with E-state index in [1.165, 1.54) is 0 Å². The number of anilines is 1. The lowest BCUT2D eigenvalue weighted by molar-refractivity contribution is -0.116. The highest BCUT2D eigenvalue weighted by molar-refractivity contribution is 6.28. The number of alkyl halides is 1. The Kier molecular flexibility index (Phi) is 5.79. The molecular formula is C13H19ClN4O. The number of likely N-dealkylation sites (N-methyl/N-ethyl adjacent to an activating group) is 1. The highest BCUT2D eigenvalue weighted by Crippen LogP contribution is 2.26. The van der Waals surface area contributed by atoms with Crippen molar-refractivity contribution in [3.8, 4) is 0 Å². The number of benzene rings is 1. The number of hydrogen-bond donors (Lipinski definition) is 2. The first-order valence-corrected chi connectivity index (χ1v) is 6.40. The zero-order valence-electron chi connectivity index (χ0n) is 11.4. The smallest absolute Gasteiger partial charge is 0.238 e. The Morgan fingerprint density at radius 3 is 2.74 bits per heavy atom. The van der Waals surface area contributed by atoms with Gasteiger partial charge in [-0.15, -0.1) is 11.6 Å². The molecule has 6 heteroatoms. The summed E-state index contributed by atoms with van der Waals surface area (Å²) in [6.07, 6.45) is 0. The van der Waals surface area contributed by atoms with Crippen molar-refractivity contribution in [1.82, 2.24) is 4.90 Å². The molecule has 19 heavy (non-hydrogen) atoms. The van der Waals surface area contributed by atoms with Gasteiger partial charge in [0.1, 0.15) is 5.84 Å². The van der Waals surface area contributed by atoms with Gasteiger partial charge >= 0.3 is 0 Å². The van der Waals surface area contributed by atoms with Crippen LogP contribution in [0.2, 0.25) is 0 Å². The second-order valence-electron chi connectivity index (χ2n) is 4.54. The molecular weight excluding hydrogens is 264 g/mol. The van der Waals surface area contributed by atoms with Crippen LogP contribution in [0, 0.1) is 6.92 Å². The molecule has 0 spiro atoms. The minimum Gasteiger partial charge on any atom is -0.386 e. The Hall–Kier alpha value is -1.59. The molecule has 0 aliphatic carbocycles. The molecule has 1 aromatic carbocycles. The topological polar surface area (TPSA) is 70.7 Å². The first-order valence-electron chi connectivity index (χ1n) is 5.86. The second kappa shape index (κ2) is 7.11. The van der Waals surface area contributed by atoms with Gasteiger partial charge < -0.3 is 16.0 Å². The van der Waals surface area contributed by atoms with E-state index in [-0.39, 0.29) is 11.8 Å². The van der Waals surface area contributed by atoms with Crippen molar-refractivity contribution < 1.29 is 4.79 Å². The van der Waals surface area contributed by atoms with Crippen molar-refractivity contribution in [3.63, 3.8) is 0 Å². The van der Waals surface area contributed by atoms with Gasteiger partial charge in [-0.05, 0) is 38.7 Å². The van der Waals surface area contributed by atoms with Crippen molar-refractivity contribution in [2.75, 3.05) is 31.8 Å². The Morgan fingerprint density at radius 1 is 1.47 bits per heavy atom.